The molecule has 0 unspecified atom stereocenters. The first-order valence-corrected chi connectivity index (χ1v) is 10.3. The molecule has 2 amide bonds. The van der Waals surface area contributed by atoms with E-state index < -0.39 is 0 Å². The van der Waals surface area contributed by atoms with Crippen molar-refractivity contribution in [2.45, 2.75) is 45.7 Å². The summed E-state index contributed by atoms with van der Waals surface area (Å²) in [5.74, 6) is 0.769. The van der Waals surface area contributed by atoms with Gasteiger partial charge in [0.05, 0.1) is 13.2 Å². The van der Waals surface area contributed by atoms with E-state index in [1.807, 2.05) is 11.8 Å². The Bertz CT molecular complexity index is 939. The molecule has 3 rings (SSSR count). The van der Waals surface area contributed by atoms with E-state index in [-0.39, 0.29) is 23.4 Å². The number of rotatable bonds is 7. The normalized spacial score (nSPS) is 14.7. The fraction of sp³-hybridized carbons (Fsp3) is 0.524. The van der Waals surface area contributed by atoms with Crippen LogP contribution in [0.25, 0.3) is 0 Å². The highest BCUT2D eigenvalue weighted by Crippen LogP contribution is 2.27. The van der Waals surface area contributed by atoms with E-state index in [0.717, 1.165) is 18.7 Å². The maximum absolute atomic E-state index is 12.8. The standard InChI is InChI=1S/C21H29N5O4/c1-4-25-19(23-26(21(25)29)13-14-30-3)16-9-11-24(12-10-16)20(28)17-5-7-18(8-6-17)22-15(2)27/h5-8,16H,4,9-14H2,1-3H3,(H,22,27). The van der Waals surface area contributed by atoms with Crippen LogP contribution in [0.3, 0.4) is 0 Å². The highest BCUT2D eigenvalue weighted by Gasteiger charge is 2.28. The van der Waals surface area contributed by atoms with Gasteiger partial charge in [-0.05, 0) is 44.0 Å². The molecule has 0 atom stereocenters. The Hall–Kier alpha value is -2.94. The maximum atomic E-state index is 12.8. The number of carbonyl (C=O) groups is 2. The summed E-state index contributed by atoms with van der Waals surface area (Å²) in [4.78, 5) is 38.3. The highest BCUT2D eigenvalue weighted by atomic mass is 16.5. The van der Waals surface area contributed by atoms with Gasteiger partial charge in [0.25, 0.3) is 5.91 Å². The van der Waals surface area contributed by atoms with E-state index in [1.54, 1.807) is 35.9 Å². The van der Waals surface area contributed by atoms with Gasteiger partial charge in [-0.1, -0.05) is 0 Å². The molecule has 9 heteroatoms. The molecule has 2 heterocycles. The zero-order chi connectivity index (χ0) is 21.7. The van der Waals surface area contributed by atoms with Gasteiger partial charge in [0.1, 0.15) is 5.82 Å². The lowest BCUT2D eigenvalue weighted by Gasteiger charge is -2.31. The second-order valence-electron chi connectivity index (χ2n) is 7.43. The molecule has 1 aromatic carbocycles. The molecule has 0 bridgehead atoms. The Labute approximate surface area is 175 Å². The van der Waals surface area contributed by atoms with Gasteiger partial charge in [0.15, 0.2) is 0 Å². The van der Waals surface area contributed by atoms with Gasteiger partial charge < -0.3 is 15.0 Å². The fourth-order valence-electron chi connectivity index (χ4n) is 3.80. The average molecular weight is 415 g/mol. The van der Waals surface area contributed by atoms with E-state index >= 15 is 0 Å². The van der Waals surface area contributed by atoms with Crippen LogP contribution < -0.4 is 11.0 Å². The summed E-state index contributed by atoms with van der Waals surface area (Å²) in [6.45, 7) is 6.05. The number of amides is 2. The van der Waals surface area contributed by atoms with E-state index in [2.05, 4.69) is 10.4 Å². The number of anilines is 1. The van der Waals surface area contributed by atoms with Crippen LogP contribution >= 0.6 is 0 Å². The summed E-state index contributed by atoms with van der Waals surface area (Å²) in [7, 11) is 1.60. The predicted octanol–water partition coefficient (Wildman–Crippen LogP) is 1.69. The predicted molar refractivity (Wildman–Crippen MR) is 113 cm³/mol. The minimum atomic E-state index is -0.147. The summed E-state index contributed by atoms with van der Waals surface area (Å²) in [6.07, 6.45) is 1.52. The first-order valence-electron chi connectivity index (χ1n) is 10.3. The zero-order valence-corrected chi connectivity index (χ0v) is 17.8. The smallest absolute Gasteiger partial charge is 0.345 e. The van der Waals surface area contributed by atoms with E-state index in [9.17, 15) is 14.4 Å². The van der Waals surface area contributed by atoms with Crippen molar-refractivity contribution < 1.29 is 14.3 Å². The van der Waals surface area contributed by atoms with Gasteiger partial charge in [0, 0.05) is 50.8 Å². The van der Waals surface area contributed by atoms with Crippen LogP contribution in [-0.4, -0.2) is 57.9 Å². The molecule has 0 saturated carbocycles. The van der Waals surface area contributed by atoms with Crippen LogP contribution in [0.5, 0.6) is 0 Å². The number of carbonyl (C=O) groups excluding carboxylic acids is 2. The third kappa shape index (κ3) is 4.79. The van der Waals surface area contributed by atoms with Gasteiger partial charge >= 0.3 is 5.69 Å². The monoisotopic (exact) mass is 415 g/mol. The second-order valence-corrected chi connectivity index (χ2v) is 7.43. The molecule has 0 spiro atoms. The van der Waals surface area contributed by atoms with Crippen molar-refractivity contribution in [2.24, 2.45) is 0 Å². The number of piperidine rings is 1. The van der Waals surface area contributed by atoms with Crippen LogP contribution in [0.4, 0.5) is 5.69 Å². The van der Waals surface area contributed by atoms with Crippen LogP contribution in [0.1, 0.15) is 48.8 Å². The van der Waals surface area contributed by atoms with Crippen molar-refractivity contribution in [3.05, 3.63) is 46.1 Å². The number of nitrogens with one attached hydrogen (secondary N) is 1. The summed E-state index contributed by atoms with van der Waals surface area (Å²) in [6, 6.07) is 6.92. The van der Waals surface area contributed by atoms with Gasteiger partial charge in [-0.15, -0.1) is 0 Å². The number of hydrogen-bond donors (Lipinski definition) is 1. The van der Waals surface area contributed by atoms with Gasteiger partial charge in [0.2, 0.25) is 5.91 Å². The molecular weight excluding hydrogens is 386 g/mol. The molecule has 1 aliphatic rings. The van der Waals surface area contributed by atoms with Crippen molar-refractivity contribution in [2.75, 3.05) is 32.1 Å². The molecule has 1 saturated heterocycles. The van der Waals surface area contributed by atoms with E-state index in [4.69, 9.17) is 4.74 Å². The van der Waals surface area contributed by atoms with Crippen molar-refractivity contribution >= 4 is 17.5 Å². The maximum Gasteiger partial charge on any atom is 0.345 e. The molecule has 1 fully saturated rings. The minimum absolute atomic E-state index is 0.0265. The topological polar surface area (TPSA) is 98.5 Å². The summed E-state index contributed by atoms with van der Waals surface area (Å²) < 4.78 is 8.25. The lowest BCUT2D eigenvalue weighted by Crippen LogP contribution is -2.38. The van der Waals surface area contributed by atoms with Crippen molar-refractivity contribution in [1.29, 1.82) is 0 Å². The Balaban J connectivity index is 1.65. The van der Waals surface area contributed by atoms with Crippen molar-refractivity contribution in [3.63, 3.8) is 0 Å². The van der Waals surface area contributed by atoms with E-state index in [1.165, 1.54) is 11.6 Å². The average Bonchev–Trinajstić information content (AvgIpc) is 3.07. The summed E-state index contributed by atoms with van der Waals surface area (Å²) in [5.41, 5.74) is 1.15. The zero-order valence-electron chi connectivity index (χ0n) is 17.8. The van der Waals surface area contributed by atoms with Crippen LogP contribution in [0.2, 0.25) is 0 Å². The Morgan fingerprint density at radius 3 is 2.43 bits per heavy atom. The molecule has 162 valence electrons. The fourth-order valence-corrected chi connectivity index (χ4v) is 3.80. The second kappa shape index (κ2) is 9.71. The van der Waals surface area contributed by atoms with Crippen LogP contribution in [0.15, 0.2) is 29.1 Å². The number of nitrogens with zero attached hydrogens (tertiary/aromatic N) is 4. The third-order valence-corrected chi connectivity index (χ3v) is 5.37. The van der Waals surface area contributed by atoms with E-state index in [0.29, 0.717) is 44.0 Å². The van der Waals surface area contributed by atoms with Crippen molar-refractivity contribution in [3.8, 4) is 0 Å². The molecule has 9 nitrogen and oxygen atoms in total. The quantitative estimate of drug-likeness (QED) is 0.742. The van der Waals surface area contributed by atoms with Crippen LogP contribution in [0, 0.1) is 0 Å². The van der Waals surface area contributed by atoms with Gasteiger partial charge in [-0.25, -0.2) is 9.48 Å². The number of benzene rings is 1. The van der Waals surface area contributed by atoms with Crippen molar-refractivity contribution in [1.82, 2.24) is 19.2 Å². The molecule has 0 radical (unpaired) electrons. The Morgan fingerprint density at radius 1 is 1.20 bits per heavy atom. The number of hydrogen-bond acceptors (Lipinski definition) is 5. The lowest BCUT2D eigenvalue weighted by molar-refractivity contribution is -0.114. The number of ether oxygens (including phenoxy) is 1. The Kier molecular flexibility index (Phi) is 7.04. The molecule has 30 heavy (non-hydrogen) atoms. The summed E-state index contributed by atoms with van der Waals surface area (Å²) >= 11 is 0. The summed E-state index contributed by atoms with van der Waals surface area (Å²) in [5, 5.41) is 7.25. The molecule has 1 N–H and O–H groups in total. The highest BCUT2D eigenvalue weighted by molar-refractivity contribution is 5.95. The molecule has 0 aliphatic carbocycles. The molecule has 2 aromatic rings. The van der Waals surface area contributed by atoms with Gasteiger partial charge in [-0.3, -0.25) is 14.2 Å². The Morgan fingerprint density at radius 2 is 1.87 bits per heavy atom. The first kappa shape index (κ1) is 21.8. The molecule has 1 aliphatic heterocycles. The number of aromatic nitrogens is 3. The van der Waals surface area contributed by atoms with Gasteiger partial charge in [-0.2, -0.15) is 5.10 Å². The SMILES string of the molecule is CCn1c(C2CCN(C(=O)c3ccc(NC(C)=O)cc3)CC2)nn(CCOC)c1=O. The third-order valence-electron chi connectivity index (χ3n) is 5.37. The largest absolute Gasteiger partial charge is 0.383 e. The first-order chi connectivity index (χ1) is 14.4. The molecular formula is C21H29N5O4. The molecule has 1 aromatic heterocycles. The minimum Gasteiger partial charge on any atom is -0.383 e. The van der Waals surface area contributed by atoms with Crippen LogP contribution in [-0.2, 0) is 22.6 Å². The lowest BCUT2D eigenvalue weighted by atomic mass is 9.95. The number of methoxy groups -OCH3 is 1. The number of likely N-dealkylation sites (tertiary alicyclic amines) is 1.